The molecular formula is C18H30N4O2. The molecule has 1 aromatic carbocycles. The van der Waals surface area contributed by atoms with Gasteiger partial charge < -0.3 is 25.0 Å². The quantitative estimate of drug-likeness (QED) is 0.578. The normalized spacial score (nSPS) is 19.1. The van der Waals surface area contributed by atoms with E-state index >= 15 is 0 Å². The molecule has 1 aliphatic heterocycles. The highest BCUT2D eigenvalue weighted by molar-refractivity contribution is 5.79. The number of nitrogens with zero attached hydrogens (tertiary/aromatic N) is 2. The third-order valence-corrected chi connectivity index (χ3v) is 4.00. The van der Waals surface area contributed by atoms with Crippen LogP contribution in [0.2, 0.25) is 0 Å². The zero-order valence-electron chi connectivity index (χ0n) is 15.0. The van der Waals surface area contributed by atoms with Gasteiger partial charge in [0, 0.05) is 26.2 Å². The number of nitrogens with one attached hydrogen (secondary N) is 2. The third-order valence-electron chi connectivity index (χ3n) is 4.00. The molecule has 1 unspecified atom stereocenters. The van der Waals surface area contributed by atoms with Crippen LogP contribution in [0.4, 0.5) is 0 Å². The van der Waals surface area contributed by atoms with Gasteiger partial charge >= 0.3 is 0 Å². The lowest BCUT2D eigenvalue weighted by Gasteiger charge is -2.29. The van der Waals surface area contributed by atoms with Gasteiger partial charge in [0.2, 0.25) is 0 Å². The molecule has 0 aromatic heterocycles. The molecule has 0 radical (unpaired) electrons. The van der Waals surface area contributed by atoms with Crippen molar-refractivity contribution in [1.82, 2.24) is 15.5 Å². The first-order valence-corrected chi connectivity index (χ1v) is 8.66. The SMILES string of the molecule is CCNC(=NCC1CN(C)CCO1)NCCc1ccc(OC)cc1. The lowest BCUT2D eigenvalue weighted by atomic mass is 10.1. The predicted molar refractivity (Wildman–Crippen MR) is 97.9 cm³/mol. The molecule has 2 N–H and O–H groups in total. The highest BCUT2D eigenvalue weighted by Gasteiger charge is 2.17. The van der Waals surface area contributed by atoms with Gasteiger partial charge in [0.1, 0.15) is 5.75 Å². The monoisotopic (exact) mass is 334 g/mol. The van der Waals surface area contributed by atoms with Gasteiger partial charge in [-0.15, -0.1) is 0 Å². The number of likely N-dealkylation sites (N-methyl/N-ethyl adjacent to an activating group) is 1. The minimum Gasteiger partial charge on any atom is -0.497 e. The van der Waals surface area contributed by atoms with Crippen molar-refractivity contribution in [1.29, 1.82) is 0 Å². The summed E-state index contributed by atoms with van der Waals surface area (Å²) in [5.41, 5.74) is 1.27. The largest absolute Gasteiger partial charge is 0.497 e. The molecule has 1 aliphatic rings. The first kappa shape index (κ1) is 18.5. The number of guanidine groups is 1. The molecule has 0 amide bonds. The Morgan fingerprint density at radius 3 is 2.79 bits per heavy atom. The van der Waals surface area contributed by atoms with E-state index in [-0.39, 0.29) is 6.10 Å². The Morgan fingerprint density at radius 1 is 1.33 bits per heavy atom. The second-order valence-corrected chi connectivity index (χ2v) is 6.00. The molecule has 1 atom stereocenters. The van der Waals surface area contributed by atoms with Crippen LogP contribution in [-0.2, 0) is 11.2 Å². The Labute approximate surface area is 145 Å². The molecule has 0 aliphatic carbocycles. The Bertz CT molecular complexity index is 504. The fraction of sp³-hybridized carbons (Fsp3) is 0.611. The molecular weight excluding hydrogens is 304 g/mol. The summed E-state index contributed by atoms with van der Waals surface area (Å²) >= 11 is 0. The summed E-state index contributed by atoms with van der Waals surface area (Å²) in [5.74, 6) is 1.74. The Hall–Kier alpha value is -1.79. The summed E-state index contributed by atoms with van der Waals surface area (Å²) in [7, 11) is 3.81. The number of morpholine rings is 1. The minimum atomic E-state index is 0.181. The van der Waals surface area contributed by atoms with Crippen LogP contribution in [0.15, 0.2) is 29.3 Å². The number of benzene rings is 1. The van der Waals surface area contributed by atoms with Gasteiger partial charge in [0.05, 0.1) is 26.4 Å². The Kier molecular flexibility index (Phi) is 7.85. The predicted octanol–water partition coefficient (Wildman–Crippen LogP) is 1.12. The highest BCUT2D eigenvalue weighted by atomic mass is 16.5. The smallest absolute Gasteiger partial charge is 0.191 e. The van der Waals surface area contributed by atoms with Crippen LogP contribution >= 0.6 is 0 Å². The summed E-state index contributed by atoms with van der Waals surface area (Å²) in [4.78, 5) is 6.94. The van der Waals surface area contributed by atoms with E-state index in [1.165, 1.54) is 5.56 Å². The molecule has 24 heavy (non-hydrogen) atoms. The van der Waals surface area contributed by atoms with Gasteiger partial charge in [-0.1, -0.05) is 12.1 Å². The number of ether oxygens (including phenoxy) is 2. The van der Waals surface area contributed by atoms with Crippen LogP contribution in [-0.4, -0.2) is 70.5 Å². The molecule has 1 fully saturated rings. The summed E-state index contributed by atoms with van der Waals surface area (Å²) in [6, 6.07) is 8.17. The summed E-state index contributed by atoms with van der Waals surface area (Å²) < 4.78 is 10.9. The third kappa shape index (κ3) is 6.37. The van der Waals surface area contributed by atoms with E-state index in [1.807, 2.05) is 12.1 Å². The van der Waals surface area contributed by atoms with E-state index in [0.717, 1.165) is 50.9 Å². The van der Waals surface area contributed by atoms with Crippen molar-refractivity contribution in [3.8, 4) is 5.75 Å². The van der Waals surface area contributed by atoms with Gasteiger partial charge in [-0.25, -0.2) is 0 Å². The van der Waals surface area contributed by atoms with Crippen molar-refractivity contribution in [2.75, 3.05) is 53.5 Å². The standard InChI is InChI=1S/C18H30N4O2/c1-4-19-18(21-13-17-14-22(2)11-12-24-17)20-10-9-15-5-7-16(23-3)8-6-15/h5-8,17H,4,9-14H2,1-3H3,(H2,19,20,21). The number of methoxy groups -OCH3 is 1. The summed E-state index contributed by atoms with van der Waals surface area (Å²) in [6.45, 7) is 7.17. The Morgan fingerprint density at radius 2 is 2.12 bits per heavy atom. The molecule has 6 nitrogen and oxygen atoms in total. The van der Waals surface area contributed by atoms with Crippen LogP contribution in [0.5, 0.6) is 5.75 Å². The Balaban J connectivity index is 1.77. The van der Waals surface area contributed by atoms with Crippen LogP contribution < -0.4 is 15.4 Å². The molecule has 0 bridgehead atoms. The molecule has 0 saturated carbocycles. The van der Waals surface area contributed by atoms with Crippen LogP contribution in [0.1, 0.15) is 12.5 Å². The number of rotatable bonds is 7. The first-order chi connectivity index (χ1) is 11.7. The van der Waals surface area contributed by atoms with E-state index in [9.17, 15) is 0 Å². The van der Waals surface area contributed by atoms with E-state index in [1.54, 1.807) is 7.11 Å². The van der Waals surface area contributed by atoms with Crippen LogP contribution in [0.3, 0.4) is 0 Å². The van der Waals surface area contributed by atoms with Gasteiger partial charge in [-0.3, -0.25) is 4.99 Å². The maximum absolute atomic E-state index is 5.76. The fourth-order valence-electron chi connectivity index (χ4n) is 2.63. The number of aliphatic imine (C=N–C) groups is 1. The number of hydrogen-bond acceptors (Lipinski definition) is 4. The van der Waals surface area contributed by atoms with Crippen molar-refractivity contribution >= 4 is 5.96 Å². The molecule has 2 rings (SSSR count). The van der Waals surface area contributed by atoms with Gasteiger partial charge in [-0.2, -0.15) is 0 Å². The van der Waals surface area contributed by atoms with E-state index in [0.29, 0.717) is 6.54 Å². The molecule has 1 saturated heterocycles. The summed E-state index contributed by atoms with van der Waals surface area (Å²) in [6.07, 6.45) is 1.12. The molecule has 1 aromatic rings. The van der Waals surface area contributed by atoms with Crippen LogP contribution in [0.25, 0.3) is 0 Å². The lowest BCUT2D eigenvalue weighted by Crippen LogP contribution is -2.43. The lowest BCUT2D eigenvalue weighted by molar-refractivity contribution is -0.0136. The zero-order chi connectivity index (χ0) is 17.2. The summed E-state index contributed by atoms with van der Waals surface area (Å²) in [5, 5.41) is 6.67. The van der Waals surface area contributed by atoms with E-state index < -0.39 is 0 Å². The van der Waals surface area contributed by atoms with Gasteiger partial charge in [-0.05, 0) is 38.1 Å². The van der Waals surface area contributed by atoms with Crippen molar-refractivity contribution in [3.05, 3.63) is 29.8 Å². The van der Waals surface area contributed by atoms with Gasteiger partial charge in [0.15, 0.2) is 5.96 Å². The maximum atomic E-state index is 5.76. The molecule has 6 heteroatoms. The van der Waals surface area contributed by atoms with E-state index in [2.05, 4.69) is 46.6 Å². The molecule has 134 valence electrons. The topological polar surface area (TPSA) is 58.1 Å². The molecule has 0 spiro atoms. The average molecular weight is 334 g/mol. The first-order valence-electron chi connectivity index (χ1n) is 8.66. The van der Waals surface area contributed by atoms with Crippen molar-refractivity contribution in [2.45, 2.75) is 19.4 Å². The minimum absolute atomic E-state index is 0.181. The van der Waals surface area contributed by atoms with Crippen molar-refractivity contribution in [2.24, 2.45) is 4.99 Å². The zero-order valence-corrected chi connectivity index (χ0v) is 15.0. The second-order valence-electron chi connectivity index (χ2n) is 6.00. The van der Waals surface area contributed by atoms with Crippen molar-refractivity contribution in [3.63, 3.8) is 0 Å². The second kappa shape index (κ2) is 10.2. The highest BCUT2D eigenvalue weighted by Crippen LogP contribution is 2.11. The van der Waals surface area contributed by atoms with Crippen LogP contribution in [0, 0.1) is 0 Å². The van der Waals surface area contributed by atoms with E-state index in [4.69, 9.17) is 9.47 Å². The average Bonchev–Trinajstić information content (AvgIpc) is 2.60. The molecule has 1 heterocycles. The maximum Gasteiger partial charge on any atom is 0.191 e. The van der Waals surface area contributed by atoms with Gasteiger partial charge in [0.25, 0.3) is 0 Å². The van der Waals surface area contributed by atoms with Crippen molar-refractivity contribution < 1.29 is 9.47 Å². The number of hydrogen-bond donors (Lipinski definition) is 2. The fourth-order valence-corrected chi connectivity index (χ4v) is 2.63.